The number of hydrogen-bond donors (Lipinski definition) is 1. The minimum atomic E-state index is 0.207. The third-order valence-electron chi connectivity index (χ3n) is 2.09. The van der Waals surface area contributed by atoms with Gasteiger partial charge in [0.05, 0.1) is 10.2 Å². The zero-order chi connectivity index (χ0) is 12.4. The normalized spacial score (nSPS) is 10.4. The zero-order valence-corrected chi connectivity index (χ0v) is 12.8. The molecule has 0 saturated heterocycles. The van der Waals surface area contributed by atoms with E-state index in [-0.39, 0.29) is 5.28 Å². The summed E-state index contributed by atoms with van der Waals surface area (Å²) in [6.45, 7) is 2.03. The van der Waals surface area contributed by atoms with Gasteiger partial charge in [-0.25, -0.2) is 4.98 Å². The number of aromatic nitrogens is 2. The Hall–Kier alpha value is -0.650. The van der Waals surface area contributed by atoms with Crippen LogP contribution in [0.15, 0.2) is 33.3 Å². The van der Waals surface area contributed by atoms with E-state index < -0.39 is 0 Å². The first-order chi connectivity index (χ1) is 8.06. The van der Waals surface area contributed by atoms with Crippen LogP contribution in [-0.2, 0) is 0 Å². The van der Waals surface area contributed by atoms with Crippen molar-refractivity contribution in [1.29, 1.82) is 0 Å². The molecule has 0 fully saturated rings. The number of rotatable bonds is 2. The third kappa shape index (κ3) is 3.18. The fourth-order valence-electron chi connectivity index (χ4n) is 1.28. The molecule has 0 radical (unpaired) electrons. The molecule has 6 heteroatoms. The zero-order valence-electron chi connectivity index (χ0n) is 8.84. The highest BCUT2D eigenvalue weighted by atomic mass is 79.9. The molecule has 0 bridgehead atoms. The summed E-state index contributed by atoms with van der Waals surface area (Å²) in [5.41, 5.74) is 2.10. The maximum atomic E-state index is 5.75. The number of nitrogens with zero attached hydrogens (tertiary/aromatic N) is 2. The predicted octanol–water partition coefficient (Wildman–Crippen LogP) is 4.71. The van der Waals surface area contributed by atoms with Crippen LogP contribution in [0.2, 0.25) is 5.28 Å². The topological polar surface area (TPSA) is 37.8 Å². The molecule has 0 aliphatic carbocycles. The SMILES string of the molecule is Cc1ccc(Nc2nc(Cl)ncc2Br)c(Br)c1. The van der Waals surface area contributed by atoms with E-state index in [1.54, 1.807) is 6.20 Å². The maximum absolute atomic E-state index is 5.75. The molecule has 2 rings (SSSR count). The van der Waals surface area contributed by atoms with E-state index in [0.717, 1.165) is 14.6 Å². The molecule has 1 heterocycles. The van der Waals surface area contributed by atoms with E-state index in [1.807, 2.05) is 25.1 Å². The van der Waals surface area contributed by atoms with Crippen LogP contribution < -0.4 is 5.32 Å². The van der Waals surface area contributed by atoms with Gasteiger partial charge in [-0.05, 0) is 68.1 Å². The standard InChI is InChI=1S/C11H8Br2ClN3/c1-6-2-3-9(7(12)4-6)16-10-8(13)5-15-11(14)17-10/h2-5H,1H3,(H,15,16,17). The Morgan fingerprint density at radius 1 is 1.24 bits per heavy atom. The quantitative estimate of drug-likeness (QED) is 0.771. The van der Waals surface area contributed by atoms with Crippen LogP contribution in [0.3, 0.4) is 0 Å². The summed E-state index contributed by atoms with van der Waals surface area (Å²) < 4.78 is 1.73. The average molecular weight is 377 g/mol. The van der Waals surface area contributed by atoms with E-state index in [4.69, 9.17) is 11.6 Å². The van der Waals surface area contributed by atoms with Crippen LogP contribution in [0.4, 0.5) is 11.5 Å². The molecule has 0 spiro atoms. The molecule has 0 amide bonds. The van der Waals surface area contributed by atoms with E-state index in [2.05, 4.69) is 47.1 Å². The van der Waals surface area contributed by atoms with Crippen molar-refractivity contribution in [1.82, 2.24) is 9.97 Å². The number of benzene rings is 1. The first-order valence-electron chi connectivity index (χ1n) is 4.77. The molecule has 1 N–H and O–H groups in total. The molecular weight excluding hydrogens is 369 g/mol. The lowest BCUT2D eigenvalue weighted by atomic mass is 10.2. The average Bonchev–Trinajstić information content (AvgIpc) is 2.27. The Labute approximate surface area is 121 Å². The Morgan fingerprint density at radius 2 is 2.00 bits per heavy atom. The molecule has 1 aromatic heterocycles. The van der Waals surface area contributed by atoms with Gasteiger partial charge in [-0.15, -0.1) is 0 Å². The van der Waals surface area contributed by atoms with Gasteiger partial charge in [0.25, 0.3) is 0 Å². The highest BCUT2D eigenvalue weighted by Gasteiger charge is 2.06. The summed E-state index contributed by atoms with van der Waals surface area (Å²) in [7, 11) is 0. The van der Waals surface area contributed by atoms with Gasteiger partial charge in [-0.3, -0.25) is 0 Å². The molecular formula is C11H8Br2ClN3. The highest BCUT2D eigenvalue weighted by Crippen LogP contribution is 2.29. The van der Waals surface area contributed by atoms with Gasteiger partial charge in [-0.1, -0.05) is 6.07 Å². The monoisotopic (exact) mass is 375 g/mol. The smallest absolute Gasteiger partial charge is 0.224 e. The molecule has 1 aromatic carbocycles. The minimum Gasteiger partial charge on any atom is -0.338 e. The van der Waals surface area contributed by atoms with Gasteiger partial charge < -0.3 is 5.32 Å². The molecule has 0 unspecified atom stereocenters. The van der Waals surface area contributed by atoms with E-state index >= 15 is 0 Å². The van der Waals surface area contributed by atoms with Crippen molar-refractivity contribution >= 4 is 55.0 Å². The lowest BCUT2D eigenvalue weighted by Gasteiger charge is -2.09. The number of aryl methyl sites for hydroxylation is 1. The van der Waals surface area contributed by atoms with Gasteiger partial charge in [0, 0.05) is 10.7 Å². The summed E-state index contributed by atoms with van der Waals surface area (Å²) in [5, 5.41) is 3.39. The lowest BCUT2D eigenvalue weighted by Crippen LogP contribution is -1.97. The second-order valence-corrected chi connectivity index (χ2v) is 5.49. The second kappa shape index (κ2) is 5.33. The minimum absolute atomic E-state index is 0.207. The van der Waals surface area contributed by atoms with Crippen molar-refractivity contribution in [3.8, 4) is 0 Å². The van der Waals surface area contributed by atoms with E-state index in [0.29, 0.717) is 5.82 Å². The maximum Gasteiger partial charge on any atom is 0.224 e. The van der Waals surface area contributed by atoms with Crippen LogP contribution in [0, 0.1) is 6.92 Å². The van der Waals surface area contributed by atoms with Crippen LogP contribution in [0.1, 0.15) is 5.56 Å². The number of hydrogen-bond acceptors (Lipinski definition) is 3. The summed E-state index contributed by atoms with van der Waals surface area (Å²) in [5.74, 6) is 0.634. The predicted molar refractivity (Wildman–Crippen MR) is 76.9 cm³/mol. The molecule has 17 heavy (non-hydrogen) atoms. The molecule has 3 nitrogen and oxygen atoms in total. The Bertz CT molecular complexity index is 560. The van der Waals surface area contributed by atoms with Crippen LogP contribution in [-0.4, -0.2) is 9.97 Å². The molecule has 0 atom stereocenters. The number of halogens is 3. The van der Waals surface area contributed by atoms with Crippen LogP contribution >= 0.6 is 43.5 Å². The van der Waals surface area contributed by atoms with E-state index in [9.17, 15) is 0 Å². The van der Waals surface area contributed by atoms with Gasteiger partial charge in [0.2, 0.25) is 5.28 Å². The summed E-state index contributed by atoms with van der Waals surface area (Å²) in [4.78, 5) is 7.98. The summed E-state index contributed by atoms with van der Waals surface area (Å²) >= 11 is 12.6. The van der Waals surface area contributed by atoms with Crippen molar-refractivity contribution in [2.75, 3.05) is 5.32 Å². The first kappa shape index (κ1) is 12.8. The van der Waals surface area contributed by atoms with Gasteiger partial charge in [0.1, 0.15) is 5.82 Å². The lowest BCUT2D eigenvalue weighted by molar-refractivity contribution is 1.15. The third-order valence-corrected chi connectivity index (χ3v) is 3.51. The van der Waals surface area contributed by atoms with Crippen LogP contribution in [0.5, 0.6) is 0 Å². The van der Waals surface area contributed by atoms with Crippen LogP contribution in [0.25, 0.3) is 0 Å². The largest absolute Gasteiger partial charge is 0.338 e. The van der Waals surface area contributed by atoms with E-state index in [1.165, 1.54) is 5.56 Å². The van der Waals surface area contributed by atoms with Crippen molar-refractivity contribution in [2.45, 2.75) is 6.92 Å². The molecule has 0 aliphatic rings. The number of nitrogens with one attached hydrogen (secondary N) is 1. The summed E-state index contributed by atoms with van der Waals surface area (Å²) in [6.07, 6.45) is 1.61. The Balaban J connectivity index is 2.34. The second-order valence-electron chi connectivity index (χ2n) is 3.44. The number of anilines is 2. The molecule has 2 aromatic rings. The molecule has 0 aliphatic heterocycles. The van der Waals surface area contributed by atoms with Crippen molar-refractivity contribution in [2.24, 2.45) is 0 Å². The fraction of sp³-hybridized carbons (Fsp3) is 0.0909. The molecule has 0 saturated carbocycles. The summed E-state index contributed by atoms with van der Waals surface area (Å²) in [6, 6.07) is 6.02. The first-order valence-corrected chi connectivity index (χ1v) is 6.74. The van der Waals surface area contributed by atoms with Crippen molar-refractivity contribution in [3.05, 3.63) is 44.2 Å². The Kier molecular flexibility index (Phi) is 4.01. The van der Waals surface area contributed by atoms with Gasteiger partial charge >= 0.3 is 0 Å². The van der Waals surface area contributed by atoms with Crippen molar-refractivity contribution in [3.63, 3.8) is 0 Å². The van der Waals surface area contributed by atoms with Gasteiger partial charge in [-0.2, -0.15) is 4.98 Å². The molecule has 88 valence electrons. The van der Waals surface area contributed by atoms with Gasteiger partial charge in [0.15, 0.2) is 0 Å². The fourth-order valence-corrected chi connectivity index (χ4v) is 2.30. The van der Waals surface area contributed by atoms with Crippen molar-refractivity contribution < 1.29 is 0 Å². The highest BCUT2D eigenvalue weighted by molar-refractivity contribution is 9.11. The Morgan fingerprint density at radius 3 is 2.71 bits per heavy atom.